The third-order valence-corrected chi connectivity index (χ3v) is 6.72. The average Bonchev–Trinajstić information content (AvgIpc) is 3.05. The molecule has 1 fully saturated rings. The lowest BCUT2D eigenvalue weighted by molar-refractivity contribution is -0.274. The van der Waals surface area contributed by atoms with Crippen LogP contribution in [0.4, 0.5) is 0 Å². The zero-order chi connectivity index (χ0) is 30.2. The summed E-state index contributed by atoms with van der Waals surface area (Å²) in [5.74, 6) is -3.03. The van der Waals surface area contributed by atoms with Gasteiger partial charge in [-0.05, 0) is 55.5 Å². The van der Waals surface area contributed by atoms with E-state index in [0.717, 1.165) is 0 Å². The lowest BCUT2D eigenvalue weighted by atomic mass is 9.98. The summed E-state index contributed by atoms with van der Waals surface area (Å²) in [7, 11) is 0. The van der Waals surface area contributed by atoms with E-state index >= 15 is 0 Å². The maximum absolute atomic E-state index is 13.3. The molecule has 0 aliphatic carbocycles. The van der Waals surface area contributed by atoms with Crippen LogP contribution in [0.5, 0.6) is 0 Å². The Labute approximate surface area is 247 Å². The summed E-state index contributed by atoms with van der Waals surface area (Å²) < 4.78 is 29.2. The van der Waals surface area contributed by atoms with Crippen LogP contribution in [0.3, 0.4) is 0 Å². The fourth-order valence-corrected chi connectivity index (χ4v) is 4.54. The first-order valence-electron chi connectivity index (χ1n) is 13.6. The van der Waals surface area contributed by atoms with Gasteiger partial charge in [0.25, 0.3) is 0 Å². The van der Waals surface area contributed by atoms with E-state index in [4.69, 9.17) is 23.7 Å². The Hall–Kier alpha value is -5.28. The highest BCUT2D eigenvalue weighted by atomic mass is 16.7. The molecule has 9 heteroatoms. The first-order valence-corrected chi connectivity index (χ1v) is 13.6. The summed E-state index contributed by atoms with van der Waals surface area (Å²) in [6, 6.07) is 32.7. The second-order valence-electron chi connectivity index (χ2n) is 9.69. The van der Waals surface area contributed by atoms with Gasteiger partial charge in [0.2, 0.25) is 12.4 Å². The number of hydrogen-bond donors (Lipinski definition) is 0. The van der Waals surface area contributed by atoms with Crippen LogP contribution >= 0.6 is 0 Å². The summed E-state index contributed by atoms with van der Waals surface area (Å²) in [4.78, 5) is 52.8. The number of esters is 4. The second kappa shape index (κ2) is 13.6. The highest BCUT2D eigenvalue weighted by Gasteiger charge is 2.53. The third-order valence-electron chi connectivity index (χ3n) is 6.72. The van der Waals surface area contributed by atoms with Crippen LogP contribution in [0.1, 0.15) is 48.4 Å². The highest BCUT2D eigenvalue weighted by molar-refractivity contribution is 5.92. The maximum atomic E-state index is 13.3. The van der Waals surface area contributed by atoms with E-state index in [-0.39, 0.29) is 22.3 Å². The zero-order valence-electron chi connectivity index (χ0n) is 23.1. The molecule has 218 valence electrons. The molecule has 0 saturated carbocycles. The molecule has 1 heterocycles. The van der Waals surface area contributed by atoms with Crippen molar-refractivity contribution in [1.82, 2.24) is 0 Å². The van der Waals surface area contributed by atoms with Gasteiger partial charge >= 0.3 is 23.9 Å². The van der Waals surface area contributed by atoms with Gasteiger partial charge in [-0.25, -0.2) is 19.2 Å². The molecule has 1 saturated heterocycles. The predicted molar refractivity (Wildman–Crippen MR) is 153 cm³/mol. The Balaban J connectivity index is 1.51. The van der Waals surface area contributed by atoms with Gasteiger partial charge < -0.3 is 23.7 Å². The first kappa shape index (κ1) is 29.2. The Morgan fingerprint density at radius 3 is 1.12 bits per heavy atom. The van der Waals surface area contributed by atoms with E-state index < -0.39 is 54.6 Å². The number of hydrogen-bond acceptors (Lipinski definition) is 9. The van der Waals surface area contributed by atoms with Gasteiger partial charge in [0.05, 0.1) is 28.4 Å². The summed E-state index contributed by atoms with van der Waals surface area (Å²) in [6.45, 7) is 1.57. The molecule has 0 amide bonds. The SMILES string of the molecule is CC1OC(OC(=O)c2ccccc2)C(OC(=O)c2ccccc2)[C@@H](OC(=O)c2ccccc2)[C@@H]1OC(=O)c1ccccc1. The number of rotatable bonds is 8. The minimum Gasteiger partial charge on any atom is -0.452 e. The molecule has 1 aliphatic rings. The molecule has 1 aliphatic heterocycles. The lowest BCUT2D eigenvalue weighted by Gasteiger charge is -2.43. The molecule has 5 atom stereocenters. The van der Waals surface area contributed by atoms with E-state index in [1.54, 1.807) is 116 Å². The van der Waals surface area contributed by atoms with Crippen molar-refractivity contribution in [2.24, 2.45) is 0 Å². The van der Waals surface area contributed by atoms with Crippen LogP contribution in [0.25, 0.3) is 0 Å². The molecular formula is C34H28O9. The van der Waals surface area contributed by atoms with Crippen molar-refractivity contribution < 1.29 is 42.9 Å². The molecule has 43 heavy (non-hydrogen) atoms. The maximum Gasteiger partial charge on any atom is 0.340 e. The van der Waals surface area contributed by atoms with Crippen LogP contribution < -0.4 is 0 Å². The van der Waals surface area contributed by atoms with E-state index in [2.05, 4.69) is 0 Å². The summed E-state index contributed by atoms with van der Waals surface area (Å²) >= 11 is 0. The van der Waals surface area contributed by atoms with Gasteiger partial charge in [0, 0.05) is 0 Å². The molecule has 0 spiro atoms. The van der Waals surface area contributed by atoms with Crippen molar-refractivity contribution in [3.63, 3.8) is 0 Å². The number of benzene rings is 4. The van der Waals surface area contributed by atoms with Crippen LogP contribution in [0.2, 0.25) is 0 Å². The minimum absolute atomic E-state index is 0.195. The van der Waals surface area contributed by atoms with Crippen LogP contribution in [0, 0.1) is 0 Å². The predicted octanol–water partition coefficient (Wildman–Crippen LogP) is 5.27. The molecule has 4 aromatic rings. The smallest absolute Gasteiger partial charge is 0.340 e. The molecule has 5 rings (SSSR count). The minimum atomic E-state index is -1.52. The van der Waals surface area contributed by atoms with Gasteiger partial charge in [0.15, 0.2) is 12.2 Å². The van der Waals surface area contributed by atoms with Crippen molar-refractivity contribution in [2.75, 3.05) is 0 Å². The normalized spacial score (nSPS) is 21.2. The van der Waals surface area contributed by atoms with E-state index in [1.807, 2.05) is 0 Å². The Morgan fingerprint density at radius 2 is 0.744 bits per heavy atom. The van der Waals surface area contributed by atoms with Crippen molar-refractivity contribution in [3.05, 3.63) is 144 Å². The topological polar surface area (TPSA) is 114 Å². The lowest BCUT2D eigenvalue weighted by Crippen LogP contribution is -2.61. The van der Waals surface area contributed by atoms with E-state index in [0.29, 0.717) is 0 Å². The fraction of sp³-hybridized carbons (Fsp3) is 0.176. The van der Waals surface area contributed by atoms with Gasteiger partial charge in [-0.15, -0.1) is 0 Å². The molecule has 0 N–H and O–H groups in total. The summed E-state index contributed by atoms with van der Waals surface area (Å²) in [5.41, 5.74) is 0.876. The quantitative estimate of drug-likeness (QED) is 0.203. The molecule has 0 bridgehead atoms. The molecule has 0 radical (unpaired) electrons. The highest BCUT2D eigenvalue weighted by Crippen LogP contribution is 2.31. The third kappa shape index (κ3) is 7.14. The number of ether oxygens (including phenoxy) is 5. The number of carbonyl (C=O) groups is 4. The number of carbonyl (C=O) groups excluding carboxylic acids is 4. The molecule has 4 aromatic carbocycles. The first-order chi connectivity index (χ1) is 20.9. The molecule has 0 aromatic heterocycles. The van der Waals surface area contributed by atoms with Crippen molar-refractivity contribution >= 4 is 23.9 Å². The van der Waals surface area contributed by atoms with Gasteiger partial charge in [-0.3, -0.25) is 0 Å². The van der Waals surface area contributed by atoms with Crippen molar-refractivity contribution in [2.45, 2.75) is 37.6 Å². The Kier molecular flexibility index (Phi) is 9.23. The monoisotopic (exact) mass is 580 g/mol. The average molecular weight is 581 g/mol. The Bertz CT molecular complexity index is 1540. The van der Waals surface area contributed by atoms with Crippen molar-refractivity contribution in [3.8, 4) is 0 Å². The summed E-state index contributed by atoms with van der Waals surface area (Å²) in [6.07, 6.45) is -6.67. The summed E-state index contributed by atoms with van der Waals surface area (Å²) in [5, 5.41) is 0. The molecular weight excluding hydrogens is 552 g/mol. The van der Waals surface area contributed by atoms with Gasteiger partial charge in [-0.1, -0.05) is 72.8 Å². The standard InChI is InChI=1S/C34H28O9/c1-22-27(40-30(35)23-14-6-2-7-15-23)28(41-31(36)24-16-8-3-9-17-24)29(42-32(37)25-18-10-4-11-19-25)34(39-22)43-33(38)26-20-12-5-13-21-26/h2-22,27-29,34H,1H3/t22?,27-,28+,29?,34?/m1/s1. The second-order valence-corrected chi connectivity index (χ2v) is 9.69. The van der Waals surface area contributed by atoms with Gasteiger partial charge in [-0.2, -0.15) is 0 Å². The van der Waals surface area contributed by atoms with E-state index in [1.165, 1.54) is 12.1 Å². The fourth-order valence-electron chi connectivity index (χ4n) is 4.54. The van der Waals surface area contributed by atoms with Crippen LogP contribution in [0.15, 0.2) is 121 Å². The van der Waals surface area contributed by atoms with Gasteiger partial charge in [0.1, 0.15) is 0 Å². The Morgan fingerprint density at radius 1 is 0.442 bits per heavy atom. The zero-order valence-corrected chi connectivity index (χ0v) is 23.1. The molecule has 9 nitrogen and oxygen atoms in total. The van der Waals surface area contributed by atoms with Crippen molar-refractivity contribution in [1.29, 1.82) is 0 Å². The van der Waals surface area contributed by atoms with E-state index in [9.17, 15) is 19.2 Å². The molecule has 3 unspecified atom stereocenters. The largest absolute Gasteiger partial charge is 0.452 e. The van der Waals surface area contributed by atoms with Crippen LogP contribution in [-0.2, 0) is 23.7 Å². The van der Waals surface area contributed by atoms with Crippen LogP contribution in [-0.4, -0.2) is 54.6 Å².